The van der Waals surface area contributed by atoms with E-state index in [1.807, 2.05) is 13.1 Å². The van der Waals surface area contributed by atoms with Crippen molar-refractivity contribution in [1.29, 1.82) is 0 Å². The van der Waals surface area contributed by atoms with Gasteiger partial charge in [0.25, 0.3) is 0 Å². The van der Waals surface area contributed by atoms with Crippen molar-refractivity contribution in [3.8, 4) is 0 Å². The van der Waals surface area contributed by atoms with Crippen molar-refractivity contribution in [3.05, 3.63) is 90.0 Å². The summed E-state index contributed by atoms with van der Waals surface area (Å²) in [5.74, 6) is 1.79. The number of benzene rings is 2. The van der Waals surface area contributed by atoms with E-state index in [1.54, 1.807) is 0 Å². The summed E-state index contributed by atoms with van der Waals surface area (Å²) in [7, 11) is 0. The van der Waals surface area contributed by atoms with Crippen LogP contribution in [-0.4, -0.2) is 40.0 Å². The van der Waals surface area contributed by atoms with E-state index in [9.17, 15) is 0 Å². The number of aromatic nitrogens is 2. The molecule has 5 nitrogen and oxygen atoms in total. The smallest absolute Gasteiger partial charge is 0.191 e. The summed E-state index contributed by atoms with van der Waals surface area (Å²) < 4.78 is 2.31. The molecule has 1 aliphatic rings. The molecule has 1 aromatic heterocycles. The Kier molecular flexibility index (Phi) is 5.65. The fourth-order valence-corrected chi connectivity index (χ4v) is 4.41. The number of aliphatic imine (C=N–C) groups is 1. The Hall–Kier alpha value is -3.08. The highest BCUT2D eigenvalue weighted by Crippen LogP contribution is 2.41. The van der Waals surface area contributed by atoms with Gasteiger partial charge < -0.3 is 15.2 Å². The predicted octanol–water partition coefficient (Wildman–Crippen LogP) is 3.65. The third kappa shape index (κ3) is 3.90. The number of hydrogen-bond donors (Lipinski definition) is 1. The Morgan fingerprint density at radius 3 is 2.34 bits per heavy atom. The molecular weight excluding hydrogens is 358 g/mol. The van der Waals surface area contributed by atoms with Crippen LogP contribution in [0.4, 0.5) is 0 Å². The molecule has 0 amide bonds. The van der Waals surface area contributed by atoms with Crippen LogP contribution in [0.5, 0.6) is 0 Å². The number of imidazole rings is 1. The Bertz CT molecular complexity index is 938. The molecule has 0 bridgehead atoms. The Labute approximate surface area is 172 Å². The molecule has 1 fully saturated rings. The van der Waals surface area contributed by atoms with E-state index >= 15 is 0 Å². The molecule has 1 aliphatic heterocycles. The van der Waals surface area contributed by atoms with E-state index in [0.717, 1.165) is 38.3 Å². The maximum atomic E-state index is 6.19. The number of nitrogens with zero attached hydrogens (tertiary/aromatic N) is 4. The van der Waals surface area contributed by atoms with Gasteiger partial charge in [-0.1, -0.05) is 60.7 Å². The summed E-state index contributed by atoms with van der Waals surface area (Å²) in [5, 5.41) is 0. The lowest BCUT2D eigenvalue weighted by Crippen LogP contribution is -2.49. The third-order valence-corrected chi connectivity index (χ3v) is 5.93. The van der Waals surface area contributed by atoms with Gasteiger partial charge in [0.1, 0.15) is 5.82 Å². The molecule has 0 saturated carbocycles. The first-order valence-electron chi connectivity index (χ1n) is 10.4. The van der Waals surface area contributed by atoms with Crippen LogP contribution < -0.4 is 5.73 Å². The van der Waals surface area contributed by atoms with Crippen LogP contribution in [0.25, 0.3) is 0 Å². The average molecular weight is 388 g/mol. The number of rotatable bonds is 5. The first kappa shape index (κ1) is 19.2. The molecule has 1 saturated heterocycles. The van der Waals surface area contributed by atoms with Gasteiger partial charge in [0.05, 0.1) is 5.41 Å². The number of guanidine groups is 1. The molecule has 4 rings (SSSR count). The van der Waals surface area contributed by atoms with Gasteiger partial charge in [-0.25, -0.2) is 4.98 Å². The summed E-state index contributed by atoms with van der Waals surface area (Å²) in [5.41, 5.74) is 8.68. The fourth-order valence-electron chi connectivity index (χ4n) is 4.41. The number of piperidine rings is 1. The number of nitrogens with two attached hydrogens (primary N) is 1. The van der Waals surface area contributed by atoms with Gasteiger partial charge in [-0.3, -0.25) is 4.99 Å². The highest BCUT2D eigenvalue weighted by molar-refractivity contribution is 5.78. The first-order chi connectivity index (χ1) is 14.2. The van der Waals surface area contributed by atoms with Gasteiger partial charge in [0.15, 0.2) is 5.96 Å². The van der Waals surface area contributed by atoms with Crippen LogP contribution >= 0.6 is 0 Å². The van der Waals surface area contributed by atoms with Crippen LogP contribution in [0, 0.1) is 0 Å². The molecule has 5 heteroatoms. The summed E-state index contributed by atoms with van der Waals surface area (Å²) in [6.07, 6.45) is 5.96. The lowest BCUT2D eigenvalue weighted by atomic mass is 9.72. The molecule has 0 spiro atoms. The SMILES string of the molecule is CCN=C(N)N1CCC(c2ccccc2)(c2nccn2Cc2ccccc2)CC1. The molecule has 2 heterocycles. The van der Waals surface area contributed by atoms with Crippen molar-refractivity contribution in [3.63, 3.8) is 0 Å². The van der Waals surface area contributed by atoms with Gasteiger partial charge >= 0.3 is 0 Å². The van der Waals surface area contributed by atoms with Crippen molar-refractivity contribution in [1.82, 2.24) is 14.5 Å². The number of hydrogen-bond acceptors (Lipinski definition) is 2. The van der Waals surface area contributed by atoms with Gasteiger partial charge in [0.2, 0.25) is 0 Å². The zero-order chi connectivity index (χ0) is 20.1. The van der Waals surface area contributed by atoms with E-state index in [4.69, 9.17) is 10.7 Å². The lowest BCUT2D eigenvalue weighted by Gasteiger charge is -2.42. The first-order valence-corrected chi connectivity index (χ1v) is 10.4. The van der Waals surface area contributed by atoms with Gasteiger partial charge in [-0.05, 0) is 30.9 Å². The molecule has 2 N–H and O–H groups in total. The quantitative estimate of drug-likeness (QED) is 0.537. The second-order valence-electron chi connectivity index (χ2n) is 7.63. The summed E-state index contributed by atoms with van der Waals surface area (Å²) in [4.78, 5) is 11.5. The minimum atomic E-state index is -0.122. The van der Waals surface area contributed by atoms with Crippen LogP contribution in [-0.2, 0) is 12.0 Å². The standard InChI is InChI=1S/C24H29N5/c1-2-26-23(25)28-16-13-24(14-17-28,21-11-7-4-8-12-21)22-27-15-18-29(22)19-20-9-5-3-6-10-20/h3-12,15,18H,2,13-14,16-17,19H2,1H3,(H2,25,26). The predicted molar refractivity (Wildman–Crippen MR) is 118 cm³/mol. The minimum absolute atomic E-state index is 0.122. The minimum Gasteiger partial charge on any atom is -0.370 e. The second kappa shape index (κ2) is 8.52. The molecule has 0 aliphatic carbocycles. The summed E-state index contributed by atoms with van der Waals surface area (Å²) >= 11 is 0. The van der Waals surface area contributed by atoms with Crippen molar-refractivity contribution >= 4 is 5.96 Å². The van der Waals surface area contributed by atoms with Gasteiger partial charge in [-0.15, -0.1) is 0 Å². The monoisotopic (exact) mass is 387 g/mol. The Morgan fingerprint density at radius 2 is 1.69 bits per heavy atom. The molecule has 0 atom stereocenters. The molecule has 29 heavy (non-hydrogen) atoms. The van der Waals surface area contributed by atoms with Crippen molar-refractivity contribution in [2.24, 2.45) is 10.7 Å². The topological polar surface area (TPSA) is 59.4 Å². The zero-order valence-electron chi connectivity index (χ0n) is 17.0. The number of likely N-dealkylation sites (tertiary alicyclic amines) is 1. The fraction of sp³-hybridized carbons (Fsp3) is 0.333. The second-order valence-corrected chi connectivity index (χ2v) is 7.63. The van der Waals surface area contributed by atoms with E-state index < -0.39 is 0 Å². The summed E-state index contributed by atoms with van der Waals surface area (Å²) in [6.45, 7) is 5.32. The highest BCUT2D eigenvalue weighted by Gasteiger charge is 2.41. The van der Waals surface area contributed by atoms with Crippen LogP contribution in [0.2, 0.25) is 0 Å². The molecule has 150 valence electrons. The lowest BCUT2D eigenvalue weighted by molar-refractivity contribution is 0.243. The van der Waals surface area contributed by atoms with Gasteiger partial charge in [-0.2, -0.15) is 0 Å². The van der Waals surface area contributed by atoms with Crippen molar-refractivity contribution in [2.75, 3.05) is 19.6 Å². The molecule has 2 aromatic carbocycles. The van der Waals surface area contributed by atoms with E-state index in [0.29, 0.717) is 12.5 Å². The van der Waals surface area contributed by atoms with E-state index in [1.165, 1.54) is 11.1 Å². The van der Waals surface area contributed by atoms with Crippen molar-refractivity contribution < 1.29 is 0 Å². The van der Waals surface area contributed by atoms with Crippen LogP contribution in [0.1, 0.15) is 36.7 Å². The van der Waals surface area contributed by atoms with Crippen molar-refractivity contribution in [2.45, 2.75) is 31.7 Å². The van der Waals surface area contributed by atoms with E-state index in [-0.39, 0.29) is 5.41 Å². The third-order valence-electron chi connectivity index (χ3n) is 5.93. The molecule has 0 radical (unpaired) electrons. The summed E-state index contributed by atoms with van der Waals surface area (Å²) in [6, 6.07) is 21.4. The van der Waals surface area contributed by atoms with Crippen LogP contribution in [0.15, 0.2) is 78.0 Å². The Balaban J connectivity index is 1.69. The molecular formula is C24H29N5. The maximum absolute atomic E-state index is 6.19. The highest BCUT2D eigenvalue weighted by atomic mass is 15.3. The molecule has 0 unspecified atom stereocenters. The Morgan fingerprint density at radius 1 is 1.03 bits per heavy atom. The largest absolute Gasteiger partial charge is 0.370 e. The molecule has 3 aromatic rings. The maximum Gasteiger partial charge on any atom is 0.191 e. The zero-order valence-corrected chi connectivity index (χ0v) is 17.0. The average Bonchev–Trinajstić information content (AvgIpc) is 3.24. The normalized spacial score (nSPS) is 16.7. The van der Waals surface area contributed by atoms with Crippen LogP contribution in [0.3, 0.4) is 0 Å². The van der Waals surface area contributed by atoms with Gasteiger partial charge in [0, 0.05) is 38.6 Å². The van der Waals surface area contributed by atoms with E-state index in [2.05, 4.69) is 81.3 Å².